The monoisotopic (exact) mass is 196 g/mol. The van der Waals surface area contributed by atoms with Crippen LogP contribution in [0.25, 0.3) is 10.7 Å². The number of hydrogen-bond donors (Lipinski definition) is 2. The zero-order valence-electron chi connectivity index (χ0n) is 6.26. The first-order valence-corrected chi connectivity index (χ1v) is 4.04. The van der Waals surface area contributed by atoms with Gasteiger partial charge in [-0.05, 0) is 11.5 Å². The van der Waals surface area contributed by atoms with Crippen molar-refractivity contribution in [3.8, 4) is 10.7 Å². The van der Waals surface area contributed by atoms with Gasteiger partial charge in [-0.3, -0.25) is 4.98 Å². The van der Waals surface area contributed by atoms with E-state index < -0.39 is 5.69 Å². The van der Waals surface area contributed by atoms with Crippen LogP contribution in [0.4, 0.5) is 5.95 Å². The SMILES string of the molecule is Nc1nc(-c2cnns2)[nH]c(=O)n1. The fraction of sp³-hybridized carbons (Fsp3) is 0. The zero-order chi connectivity index (χ0) is 9.26. The van der Waals surface area contributed by atoms with Gasteiger partial charge in [0.2, 0.25) is 5.95 Å². The number of hydrogen-bond acceptors (Lipinski definition) is 7. The van der Waals surface area contributed by atoms with Gasteiger partial charge in [0.15, 0.2) is 5.82 Å². The average Bonchev–Trinajstić information content (AvgIpc) is 2.53. The molecule has 0 amide bonds. The van der Waals surface area contributed by atoms with E-state index in [1.807, 2.05) is 0 Å². The molecule has 0 radical (unpaired) electrons. The molecule has 0 aromatic carbocycles. The van der Waals surface area contributed by atoms with Crippen LogP contribution in [-0.4, -0.2) is 24.5 Å². The summed E-state index contributed by atoms with van der Waals surface area (Å²) in [5.41, 5.74) is 4.76. The lowest BCUT2D eigenvalue weighted by atomic mass is 10.5. The fourth-order valence-electron chi connectivity index (χ4n) is 0.789. The zero-order valence-corrected chi connectivity index (χ0v) is 7.08. The van der Waals surface area contributed by atoms with E-state index in [9.17, 15) is 4.79 Å². The maximum atomic E-state index is 10.9. The molecule has 0 aliphatic carbocycles. The molecule has 0 bridgehead atoms. The first-order valence-electron chi connectivity index (χ1n) is 3.27. The van der Waals surface area contributed by atoms with Crippen LogP contribution >= 0.6 is 11.5 Å². The van der Waals surface area contributed by atoms with Gasteiger partial charge in [-0.1, -0.05) is 4.49 Å². The van der Waals surface area contributed by atoms with Crippen LogP contribution in [0.15, 0.2) is 11.0 Å². The Morgan fingerprint density at radius 1 is 1.46 bits per heavy atom. The van der Waals surface area contributed by atoms with Gasteiger partial charge in [0.1, 0.15) is 4.88 Å². The highest BCUT2D eigenvalue weighted by atomic mass is 32.1. The predicted octanol–water partition coefficient (Wildman–Crippen LogP) is -0.734. The Bertz CT molecular complexity index is 462. The van der Waals surface area contributed by atoms with Gasteiger partial charge >= 0.3 is 5.69 Å². The minimum absolute atomic E-state index is 0.0628. The Balaban J connectivity index is 2.59. The molecule has 13 heavy (non-hydrogen) atoms. The van der Waals surface area contributed by atoms with Crippen LogP contribution in [0, 0.1) is 0 Å². The molecule has 0 unspecified atom stereocenters. The lowest BCUT2D eigenvalue weighted by Gasteiger charge is -1.94. The standard InChI is InChI=1S/C5H4N6OS/c6-4-8-3(9-5(12)10-4)2-1-7-11-13-2/h1H,(H3,6,8,9,10,12). The average molecular weight is 196 g/mol. The Morgan fingerprint density at radius 2 is 2.31 bits per heavy atom. The van der Waals surface area contributed by atoms with E-state index in [0.29, 0.717) is 10.7 Å². The van der Waals surface area contributed by atoms with E-state index in [2.05, 4.69) is 24.5 Å². The second-order valence-corrected chi connectivity index (χ2v) is 2.93. The second kappa shape index (κ2) is 2.90. The van der Waals surface area contributed by atoms with Crippen molar-refractivity contribution in [2.75, 3.05) is 5.73 Å². The number of aromatic amines is 1. The van der Waals surface area contributed by atoms with Crippen molar-refractivity contribution in [2.24, 2.45) is 0 Å². The van der Waals surface area contributed by atoms with E-state index in [1.54, 1.807) is 0 Å². The molecule has 7 nitrogen and oxygen atoms in total. The topological polar surface area (TPSA) is 110 Å². The molecule has 2 rings (SSSR count). The minimum atomic E-state index is -0.532. The molecule has 0 aliphatic heterocycles. The Labute approximate surface area is 75.8 Å². The number of nitrogen functional groups attached to an aromatic ring is 1. The van der Waals surface area contributed by atoms with Crippen molar-refractivity contribution in [3.05, 3.63) is 16.7 Å². The first-order chi connectivity index (χ1) is 6.25. The highest BCUT2D eigenvalue weighted by Gasteiger charge is 2.04. The summed E-state index contributed by atoms with van der Waals surface area (Å²) in [5.74, 6) is 0.277. The highest BCUT2D eigenvalue weighted by molar-refractivity contribution is 7.09. The quantitative estimate of drug-likeness (QED) is 0.621. The van der Waals surface area contributed by atoms with Gasteiger partial charge in [0.25, 0.3) is 0 Å². The molecule has 0 spiro atoms. The van der Waals surface area contributed by atoms with Gasteiger partial charge in [-0.2, -0.15) is 9.97 Å². The van der Waals surface area contributed by atoms with Gasteiger partial charge in [-0.15, -0.1) is 5.10 Å². The van der Waals surface area contributed by atoms with E-state index in [4.69, 9.17) is 5.73 Å². The van der Waals surface area contributed by atoms with Gasteiger partial charge in [-0.25, -0.2) is 4.79 Å². The lowest BCUT2D eigenvalue weighted by molar-refractivity contribution is 1.01. The summed E-state index contributed by atoms with van der Waals surface area (Å²) in [6, 6.07) is 0. The Kier molecular flexibility index (Phi) is 1.74. The van der Waals surface area contributed by atoms with Crippen molar-refractivity contribution in [1.82, 2.24) is 24.5 Å². The maximum Gasteiger partial charge on any atom is 0.349 e. The molecule has 66 valence electrons. The summed E-state index contributed by atoms with van der Waals surface area (Å²) < 4.78 is 3.63. The summed E-state index contributed by atoms with van der Waals surface area (Å²) in [5, 5.41) is 3.60. The van der Waals surface area contributed by atoms with Crippen molar-refractivity contribution >= 4 is 17.5 Å². The third-order valence-electron chi connectivity index (χ3n) is 1.26. The normalized spacial score (nSPS) is 10.2. The van der Waals surface area contributed by atoms with Crippen molar-refractivity contribution in [1.29, 1.82) is 0 Å². The minimum Gasteiger partial charge on any atom is -0.368 e. The third-order valence-corrected chi connectivity index (χ3v) is 1.93. The molecule has 2 aromatic rings. The van der Waals surface area contributed by atoms with E-state index in [-0.39, 0.29) is 5.95 Å². The maximum absolute atomic E-state index is 10.9. The molecule has 3 N–H and O–H groups in total. The van der Waals surface area contributed by atoms with Gasteiger partial charge in [0.05, 0.1) is 6.20 Å². The number of anilines is 1. The van der Waals surface area contributed by atoms with Crippen molar-refractivity contribution in [2.45, 2.75) is 0 Å². The van der Waals surface area contributed by atoms with E-state index >= 15 is 0 Å². The van der Waals surface area contributed by atoms with Crippen molar-refractivity contribution in [3.63, 3.8) is 0 Å². The smallest absolute Gasteiger partial charge is 0.349 e. The van der Waals surface area contributed by atoms with Gasteiger partial charge in [0, 0.05) is 0 Å². The second-order valence-electron chi connectivity index (χ2n) is 2.14. The number of H-pyrrole nitrogens is 1. The summed E-state index contributed by atoms with van der Waals surface area (Å²) in [4.78, 5) is 21.1. The van der Waals surface area contributed by atoms with Crippen LogP contribution in [-0.2, 0) is 0 Å². The lowest BCUT2D eigenvalue weighted by Crippen LogP contribution is -2.15. The molecule has 8 heteroatoms. The van der Waals surface area contributed by atoms with E-state index in [0.717, 1.165) is 11.5 Å². The molecule has 0 atom stereocenters. The molecule has 0 fully saturated rings. The molecule has 0 aliphatic rings. The summed E-state index contributed by atoms with van der Waals surface area (Å²) in [6.45, 7) is 0. The molecule has 0 saturated heterocycles. The van der Waals surface area contributed by atoms with Crippen LogP contribution in [0.3, 0.4) is 0 Å². The number of nitrogens with two attached hydrogens (primary N) is 1. The third kappa shape index (κ3) is 1.51. The fourth-order valence-corrected chi connectivity index (χ4v) is 1.25. The highest BCUT2D eigenvalue weighted by Crippen LogP contribution is 2.15. The predicted molar refractivity (Wildman–Crippen MR) is 46.0 cm³/mol. The molecule has 2 heterocycles. The molecule has 0 saturated carbocycles. The molecule has 2 aromatic heterocycles. The van der Waals surface area contributed by atoms with Crippen molar-refractivity contribution < 1.29 is 0 Å². The van der Waals surface area contributed by atoms with Crippen LogP contribution in [0.5, 0.6) is 0 Å². The van der Waals surface area contributed by atoms with Gasteiger partial charge < -0.3 is 5.73 Å². The Morgan fingerprint density at radius 3 is 2.92 bits per heavy atom. The molecular weight excluding hydrogens is 192 g/mol. The number of rotatable bonds is 1. The van der Waals surface area contributed by atoms with E-state index in [1.165, 1.54) is 6.20 Å². The number of aromatic nitrogens is 5. The summed E-state index contributed by atoms with van der Waals surface area (Å²) in [7, 11) is 0. The van der Waals surface area contributed by atoms with Crippen LogP contribution < -0.4 is 11.4 Å². The Hall–Kier alpha value is -1.83. The number of nitrogens with zero attached hydrogens (tertiary/aromatic N) is 4. The van der Waals surface area contributed by atoms with Crippen LogP contribution in [0.2, 0.25) is 0 Å². The largest absolute Gasteiger partial charge is 0.368 e. The van der Waals surface area contributed by atoms with Crippen LogP contribution in [0.1, 0.15) is 0 Å². The summed E-state index contributed by atoms with van der Waals surface area (Å²) >= 11 is 1.12. The molecular formula is C5H4N6OS. The number of nitrogens with one attached hydrogen (secondary N) is 1. The summed E-state index contributed by atoms with van der Waals surface area (Å²) in [6.07, 6.45) is 1.49. The first kappa shape index (κ1) is 7.80.